The van der Waals surface area contributed by atoms with Crippen molar-refractivity contribution in [2.24, 2.45) is 0 Å². The lowest BCUT2D eigenvalue weighted by atomic mass is 10.1. The molecule has 0 heterocycles. The molecule has 0 radical (unpaired) electrons. The Balaban J connectivity index is 3.79. The quantitative estimate of drug-likeness (QED) is 0.317. The van der Waals surface area contributed by atoms with E-state index >= 15 is 0 Å². The number of nitrogens with zero attached hydrogens (tertiary/aromatic N) is 1. The van der Waals surface area contributed by atoms with Gasteiger partial charge >= 0.3 is 5.97 Å². The Bertz CT molecular complexity index is 247. The van der Waals surface area contributed by atoms with Crippen molar-refractivity contribution in [2.45, 2.75) is 71.1 Å². The van der Waals surface area contributed by atoms with E-state index in [0.29, 0.717) is 19.8 Å². The van der Waals surface area contributed by atoms with Crippen molar-refractivity contribution >= 4 is 5.97 Å². The number of hydrogen-bond donors (Lipinski definition) is 2. The van der Waals surface area contributed by atoms with Crippen LogP contribution in [0.3, 0.4) is 0 Å². The van der Waals surface area contributed by atoms with Crippen molar-refractivity contribution in [1.29, 1.82) is 0 Å². The molecule has 0 aromatic heterocycles. The smallest absolute Gasteiger partial charge is 0.302 e. The highest BCUT2D eigenvalue weighted by molar-refractivity contribution is 5.65. The Labute approximate surface area is 142 Å². The van der Waals surface area contributed by atoms with Crippen LogP contribution in [0.1, 0.15) is 71.1 Å². The van der Waals surface area contributed by atoms with Crippen molar-refractivity contribution in [1.82, 2.24) is 4.90 Å². The number of aliphatic hydroxyl groups excluding tert-OH is 2. The first-order valence-corrected chi connectivity index (χ1v) is 9.28. The second-order valence-electron chi connectivity index (χ2n) is 6.16. The summed E-state index contributed by atoms with van der Waals surface area (Å²) in [4.78, 5) is 13.2. The lowest BCUT2D eigenvalue weighted by Gasteiger charge is -2.22. The second kappa shape index (κ2) is 17.7. The molecule has 0 aliphatic rings. The zero-order chi connectivity index (χ0) is 17.2. The highest BCUT2D eigenvalue weighted by atomic mass is 16.5. The van der Waals surface area contributed by atoms with Crippen LogP contribution in [0.5, 0.6) is 0 Å². The molecule has 0 aliphatic carbocycles. The monoisotopic (exact) mass is 331 g/mol. The van der Waals surface area contributed by atoms with Gasteiger partial charge in [-0.3, -0.25) is 4.79 Å². The molecule has 0 saturated carbocycles. The number of carbonyl (C=O) groups excluding carboxylic acids is 1. The van der Waals surface area contributed by atoms with Crippen molar-refractivity contribution in [3.8, 4) is 0 Å². The molecule has 0 aromatic rings. The molecule has 5 nitrogen and oxygen atoms in total. The highest BCUT2D eigenvalue weighted by Crippen LogP contribution is 2.07. The summed E-state index contributed by atoms with van der Waals surface area (Å²) in [6, 6.07) is 0. The fraction of sp³-hybridized carbons (Fsp3) is 0.944. The number of rotatable bonds is 17. The van der Waals surface area contributed by atoms with Gasteiger partial charge in [-0.05, 0) is 58.2 Å². The molecular formula is C18H37NO4. The SMILES string of the molecule is CC(=O)OCCCCN(CCCCCCO)CCCCCCO. The summed E-state index contributed by atoms with van der Waals surface area (Å²) in [6.07, 6.45) is 10.7. The van der Waals surface area contributed by atoms with E-state index in [-0.39, 0.29) is 5.97 Å². The highest BCUT2D eigenvalue weighted by Gasteiger charge is 2.05. The van der Waals surface area contributed by atoms with Crippen LogP contribution in [0, 0.1) is 0 Å². The van der Waals surface area contributed by atoms with Crippen LogP contribution in [0.25, 0.3) is 0 Å². The first-order valence-electron chi connectivity index (χ1n) is 9.28. The molecule has 0 unspecified atom stereocenters. The maximum absolute atomic E-state index is 10.7. The van der Waals surface area contributed by atoms with Crippen LogP contribution in [-0.4, -0.2) is 60.5 Å². The van der Waals surface area contributed by atoms with Crippen LogP contribution in [0.2, 0.25) is 0 Å². The van der Waals surface area contributed by atoms with E-state index in [1.54, 1.807) is 0 Å². The summed E-state index contributed by atoms with van der Waals surface area (Å²) in [7, 11) is 0. The summed E-state index contributed by atoms with van der Waals surface area (Å²) in [5.41, 5.74) is 0. The summed E-state index contributed by atoms with van der Waals surface area (Å²) in [6.45, 7) is 5.84. The molecule has 2 N–H and O–H groups in total. The number of esters is 1. The number of aliphatic hydroxyl groups is 2. The second-order valence-corrected chi connectivity index (χ2v) is 6.16. The third-order valence-corrected chi connectivity index (χ3v) is 3.94. The Kier molecular flexibility index (Phi) is 17.2. The molecule has 0 amide bonds. The topological polar surface area (TPSA) is 70.0 Å². The molecule has 0 saturated heterocycles. The molecule has 0 fully saturated rings. The van der Waals surface area contributed by atoms with E-state index in [9.17, 15) is 4.79 Å². The van der Waals surface area contributed by atoms with E-state index in [4.69, 9.17) is 14.9 Å². The summed E-state index contributed by atoms with van der Waals surface area (Å²) < 4.78 is 4.97. The van der Waals surface area contributed by atoms with Crippen LogP contribution in [0.15, 0.2) is 0 Å². The van der Waals surface area contributed by atoms with Gasteiger partial charge in [0.15, 0.2) is 0 Å². The number of unbranched alkanes of at least 4 members (excludes halogenated alkanes) is 7. The predicted octanol–water partition coefficient (Wildman–Crippen LogP) is 2.74. The largest absolute Gasteiger partial charge is 0.466 e. The summed E-state index contributed by atoms with van der Waals surface area (Å²) >= 11 is 0. The van der Waals surface area contributed by atoms with Gasteiger partial charge in [-0.2, -0.15) is 0 Å². The van der Waals surface area contributed by atoms with Crippen molar-refractivity contribution in [3.05, 3.63) is 0 Å². The molecule has 138 valence electrons. The zero-order valence-electron chi connectivity index (χ0n) is 15.0. The van der Waals surface area contributed by atoms with E-state index in [1.807, 2.05) is 0 Å². The fourth-order valence-electron chi connectivity index (χ4n) is 2.59. The first kappa shape index (κ1) is 22.4. The Hall–Kier alpha value is -0.650. The minimum Gasteiger partial charge on any atom is -0.466 e. The summed E-state index contributed by atoms with van der Waals surface area (Å²) in [5.74, 6) is -0.199. The van der Waals surface area contributed by atoms with Crippen LogP contribution in [0.4, 0.5) is 0 Å². The Morgan fingerprint density at radius 2 is 1.17 bits per heavy atom. The van der Waals surface area contributed by atoms with Gasteiger partial charge in [-0.1, -0.05) is 25.7 Å². The maximum Gasteiger partial charge on any atom is 0.302 e. The lowest BCUT2D eigenvalue weighted by molar-refractivity contribution is -0.141. The lowest BCUT2D eigenvalue weighted by Crippen LogP contribution is -2.27. The van der Waals surface area contributed by atoms with Crippen molar-refractivity contribution in [2.75, 3.05) is 39.5 Å². The van der Waals surface area contributed by atoms with Crippen molar-refractivity contribution in [3.63, 3.8) is 0 Å². The van der Waals surface area contributed by atoms with E-state index in [0.717, 1.165) is 58.2 Å². The molecule has 0 bridgehead atoms. The predicted molar refractivity (Wildman–Crippen MR) is 93.4 cm³/mol. The van der Waals surface area contributed by atoms with Gasteiger partial charge in [-0.25, -0.2) is 0 Å². The fourth-order valence-corrected chi connectivity index (χ4v) is 2.59. The van der Waals surface area contributed by atoms with E-state index < -0.39 is 0 Å². The summed E-state index contributed by atoms with van der Waals surface area (Å²) in [5, 5.41) is 17.6. The normalized spacial score (nSPS) is 11.1. The minimum absolute atomic E-state index is 0.199. The van der Waals surface area contributed by atoms with Crippen LogP contribution in [-0.2, 0) is 9.53 Å². The molecular weight excluding hydrogens is 294 g/mol. The molecule has 0 atom stereocenters. The van der Waals surface area contributed by atoms with Crippen LogP contribution >= 0.6 is 0 Å². The molecule has 0 aromatic carbocycles. The average Bonchev–Trinajstić information content (AvgIpc) is 2.53. The average molecular weight is 331 g/mol. The minimum atomic E-state index is -0.199. The Morgan fingerprint density at radius 3 is 1.61 bits per heavy atom. The first-order chi connectivity index (χ1) is 11.2. The Morgan fingerprint density at radius 1 is 0.739 bits per heavy atom. The van der Waals surface area contributed by atoms with E-state index in [2.05, 4.69) is 4.90 Å². The zero-order valence-corrected chi connectivity index (χ0v) is 15.0. The van der Waals surface area contributed by atoms with E-state index in [1.165, 1.54) is 32.6 Å². The van der Waals surface area contributed by atoms with Crippen LogP contribution < -0.4 is 0 Å². The van der Waals surface area contributed by atoms with Gasteiger partial charge in [0.1, 0.15) is 0 Å². The van der Waals surface area contributed by atoms with Gasteiger partial charge < -0.3 is 19.8 Å². The molecule has 0 spiro atoms. The molecule has 23 heavy (non-hydrogen) atoms. The maximum atomic E-state index is 10.7. The van der Waals surface area contributed by atoms with Gasteiger partial charge in [0.2, 0.25) is 0 Å². The van der Waals surface area contributed by atoms with Gasteiger partial charge in [-0.15, -0.1) is 0 Å². The van der Waals surface area contributed by atoms with Crippen molar-refractivity contribution < 1.29 is 19.7 Å². The third kappa shape index (κ3) is 17.5. The van der Waals surface area contributed by atoms with Gasteiger partial charge in [0.25, 0.3) is 0 Å². The molecule has 5 heteroatoms. The van der Waals surface area contributed by atoms with Gasteiger partial charge in [0.05, 0.1) is 6.61 Å². The molecule has 0 aliphatic heterocycles. The molecule has 0 rings (SSSR count). The standard InChI is InChI=1S/C18H37NO4/c1-18(22)23-17-11-8-14-19(12-6-2-4-9-15-20)13-7-3-5-10-16-21/h20-21H,2-17H2,1H3. The number of carbonyl (C=O) groups is 1. The van der Waals surface area contributed by atoms with Gasteiger partial charge in [0, 0.05) is 20.1 Å². The number of hydrogen-bond acceptors (Lipinski definition) is 5. The third-order valence-electron chi connectivity index (χ3n) is 3.94. The number of ether oxygens (including phenoxy) is 1.